The van der Waals surface area contributed by atoms with Crippen LogP contribution in [0.5, 0.6) is 0 Å². The quantitative estimate of drug-likeness (QED) is 0.580. The molecule has 1 aromatic rings. The molecule has 0 spiro atoms. The predicted octanol–water partition coefficient (Wildman–Crippen LogP) is 0.821. The highest BCUT2D eigenvalue weighted by Gasteiger charge is 2.03. The van der Waals surface area contributed by atoms with Crippen molar-refractivity contribution in [2.24, 2.45) is 0 Å². The number of pyridine rings is 1. The number of carbonyl (C=O) groups is 1. The van der Waals surface area contributed by atoms with Crippen LogP contribution in [0, 0.1) is 0 Å². The van der Waals surface area contributed by atoms with Gasteiger partial charge in [0.15, 0.2) is 0 Å². The Morgan fingerprint density at radius 3 is 2.64 bits per heavy atom. The highest BCUT2D eigenvalue weighted by atomic mass is 127. The van der Waals surface area contributed by atoms with Crippen molar-refractivity contribution in [3.05, 3.63) is 17.8 Å². The number of rotatable bonds is 1. The van der Waals surface area contributed by atoms with Crippen LogP contribution >= 0.6 is 22.6 Å². The second-order valence-corrected chi connectivity index (χ2v) is 2.95. The molecule has 0 aromatic carbocycles. The highest BCUT2D eigenvalue weighted by Crippen LogP contribution is 2.14. The third kappa shape index (κ3) is 1.79. The smallest absolute Gasteiger partial charge is 0.224 e. The zero-order chi connectivity index (χ0) is 8.43. The molecule has 0 bridgehead atoms. The molecule has 0 saturated heterocycles. The van der Waals surface area contributed by atoms with Gasteiger partial charge in [0, 0.05) is 34.4 Å². The highest BCUT2D eigenvalue weighted by molar-refractivity contribution is 14.1. The molecule has 0 unspecified atom stereocenters. The van der Waals surface area contributed by atoms with Crippen molar-refractivity contribution >= 4 is 37.9 Å². The van der Waals surface area contributed by atoms with Gasteiger partial charge in [-0.3, -0.25) is 4.79 Å². The minimum atomic E-state index is -0.0956. The lowest BCUT2D eigenvalue weighted by Gasteiger charge is -1.98. The second kappa shape index (κ2) is 3.04. The maximum Gasteiger partial charge on any atom is 0.224 e. The van der Waals surface area contributed by atoms with E-state index in [-0.39, 0.29) is 9.61 Å². The Hall–Kier alpha value is -0.850. The van der Waals surface area contributed by atoms with Crippen LogP contribution in [0.3, 0.4) is 0 Å². The number of hydrogen-bond acceptors (Lipinski definition) is 4. The predicted molar refractivity (Wildman–Crippen MR) is 51.4 cm³/mol. The van der Waals surface area contributed by atoms with Gasteiger partial charge in [-0.25, -0.2) is 4.98 Å². The van der Waals surface area contributed by atoms with Gasteiger partial charge in [0.05, 0.1) is 5.69 Å². The number of nitrogen functional groups attached to an aromatic ring is 2. The normalized spacial score (nSPS) is 9.55. The molecule has 1 aromatic heterocycles. The van der Waals surface area contributed by atoms with Gasteiger partial charge in [-0.1, -0.05) is 0 Å². The summed E-state index contributed by atoms with van der Waals surface area (Å²) < 4.78 is -0.0956. The number of carbonyl (C=O) groups excluding carboxylic acids is 1. The van der Waals surface area contributed by atoms with Crippen LogP contribution in [0.1, 0.15) is 10.4 Å². The molecule has 0 amide bonds. The van der Waals surface area contributed by atoms with Crippen molar-refractivity contribution in [2.75, 3.05) is 11.5 Å². The minimum Gasteiger partial charge on any atom is -0.396 e. The van der Waals surface area contributed by atoms with Crippen molar-refractivity contribution in [3.63, 3.8) is 0 Å². The number of aromatic nitrogens is 1. The molecule has 11 heavy (non-hydrogen) atoms. The Morgan fingerprint density at radius 2 is 2.18 bits per heavy atom. The molecular formula is C6H6IN3O. The largest absolute Gasteiger partial charge is 0.396 e. The van der Waals surface area contributed by atoms with E-state index in [0.29, 0.717) is 11.3 Å². The number of halogens is 1. The molecule has 4 nitrogen and oxygen atoms in total. The van der Waals surface area contributed by atoms with Crippen molar-refractivity contribution in [3.8, 4) is 0 Å². The molecular weight excluding hydrogens is 257 g/mol. The summed E-state index contributed by atoms with van der Waals surface area (Å²) in [6.07, 6.45) is 1.40. The summed E-state index contributed by atoms with van der Waals surface area (Å²) in [6, 6.07) is 1.51. The summed E-state index contributed by atoms with van der Waals surface area (Å²) in [6.45, 7) is 0. The summed E-state index contributed by atoms with van der Waals surface area (Å²) in [7, 11) is 0. The van der Waals surface area contributed by atoms with E-state index in [1.54, 1.807) is 22.6 Å². The van der Waals surface area contributed by atoms with Crippen LogP contribution in [0.15, 0.2) is 12.3 Å². The maximum atomic E-state index is 10.8. The summed E-state index contributed by atoms with van der Waals surface area (Å²) >= 11 is 1.66. The van der Waals surface area contributed by atoms with Crippen LogP contribution in [-0.4, -0.2) is 8.77 Å². The van der Waals surface area contributed by atoms with Crippen molar-refractivity contribution in [1.82, 2.24) is 4.98 Å². The van der Waals surface area contributed by atoms with Crippen LogP contribution in [-0.2, 0) is 0 Å². The van der Waals surface area contributed by atoms with Crippen molar-refractivity contribution in [1.29, 1.82) is 0 Å². The molecule has 5 heteroatoms. The molecule has 1 heterocycles. The fourth-order valence-electron chi connectivity index (χ4n) is 0.600. The zero-order valence-electron chi connectivity index (χ0n) is 5.54. The number of hydrogen-bond donors (Lipinski definition) is 2. The standard InChI is InChI=1S/C6H6IN3O/c7-5(11)3-1-4(8)6(9)10-2-3/h1-2H,8H2,(H2,9,10). The van der Waals surface area contributed by atoms with Crippen molar-refractivity contribution < 1.29 is 4.79 Å². The number of nitrogens with two attached hydrogens (primary N) is 2. The second-order valence-electron chi connectivity index (χ2n) is 1.97. The molecule has 0 fully saturated rings. The molecule has 0 aliphatic rings. The Morgan fingerprint density at radius 1 is 1.55 bits per heavy atom. The fourth-order valence-corrected chi connectivity index (χ4v) is 0.895. The summed E-state index contributed by atoms with van der Waals surface area (Å²) in [5, 5.41) is 0. The van der Waals surface area contributed by atoms with E-state index in [1.165, 1.54) is 12.3 Å². The Balaban J connectivity index is 3.15. The van der Waals surface area contributed by atoms with Gasteiger partial charge in [-0.05, 0) is 6.07 Å². The molecule has 0 radical (unpaired) electrons. The molecule has 0 aliphatic carbocycles. The van der Waals surface area contributed by atoms with Gasteiger partial charge >= 0.3 is 0 Å². The van der Waals surface area contributed by atoms with E-state index in [9.17, 15) is 4.79 Å². The molecule has 0 saturated carbocycles. The Labute approximate surface area is 77.1 Å². The number of nitrogens with zero attached hydrogens (tertiary/aromatic N) is 1. The van der Waals surface area contributed by atoms with Crippen LogP contribution in [0.4, 0.5) is 11.5 Å². The van der Waals surface area contributed by atoms with Gasteiger partial charge in [-0.15, -0.1) is 0 Å². The average Bonchev–Trinajstić information content (AvgIpc) is 1.94. The summed E-state index contributed by atoms with van der Waals surface area (Å²) in [4.78, 5) is 14.5. The topological polar surface area (TPSA) is 82.0 Å². The van der Waals surface area contributed by atoms with Gasteiger partial charge in [0.1, 0.15) is 5.82 Å². The summed E-state index contributed by atoms with van der Waals surface area (Å²) in [5.74, 6) is 0.256. The van der Waals surface area contributed by atoms with Gasteiger partial charge in [0.2, 0.25) is 3.79 Å². The van der Waals surface area contributed by atoms with Gasteiger partial charge in [-0.2, -0.15) is 0 Å². The third-order valence-electron chi connectivity index (χ3n) is 1.18. The van der Waals surface area contributed by atoms with Crippen LogP contribution < -0.4 is 11.5 Å². The van der Waals surface area contributed by atoms with E-state index in [0.717, 1.165) is 0 Å². The van der Waals surface area contributed by atoms with Crippen LogP contribution in [0.2, 0.25) is 0 Å². The maximum absolute atomic E-state index is 10.8. The lowest BCUT2D eigenvalue weighted by atomic mass is 10.3. The van der Waals surface area contributed by atoms with E-state index >= 15 is 0 Å². The fraction of sp³-hybridized carbons (Fsp3) is 0. The van der Waals surface area contributed by atoms with Gasteiger partial charge in [0.25, 0.3) is 0 Å². The molecule has 0 aliphatic heterocycles. The molecule has 58 valence electrons. The molecule has 1 rings (SSSR count). The lowest BCUT2D eigenvalue weighted by Crippen LogP contribution is -2.00. The monoisotopic (exact) mass is 263 g/mol. The van der Waals surface area contributed by atoms with E-state index in [1.807, 2.05) is 0 Å². The van der Waals surface area contributed by atoms with Crippen LogP contribution in [0.25, 0.3) is 0 Å². The Bertz CT molecular complexity index is 300. The first-order valence-electron chi connectivity index (χ1n) is 2.82. The third-order valence-corrected chi connectivity index (χ3v) is 1.80. The first-order chi connectivity index (χ1) is 5.11. The first-order valence-corrected chi connectivity index (χ1v) is 3.90. The minimum absolute atomic E-state index is 0.0956. The van der Waals surface area contributed by atoms with E-state index < -0.39 is 0 Å². The van der Waals surface area contributed by atoms with Gasteiger partial charge < -0.3 is 11.5 Å². The Kier molecular flexibility index (Phi) is 2.28. The average molecular weight is 263 g/mol. The molecule has 0 atom stereocenters. The van der Waals surface area contributed by atoms with E-state index in [4.69, 9.17) is 11.5 Å². The SMILES string of the molecule is Nc1cc(C(=O)I)cnc1N. The molecule has 4 N–H and O–H groups in total. The first kappa shape index (κ1) is 8.25. The van der Waals surface area contributed by atoms with E-state index in [2.05, 4.69) is 4.98 Å². The summed E-state index contributed by atoms with van der Waals surface area (Å²) in [5.41, 5.74) is 11.6. The lowest BCUT2D eigenvalue weighted by molar-refractivity contribution is 0.110. The zero-order valence-corrected chi connectivity index (χ0v) is 7.70. The number of anilines is 2. The van der Waals surface area contributed by atoms with Crippen molar-refractivity contribution in [2.45, 2.75) is 0 Å².